The Hall–Kier alpha value is -3.08. The van der Waals surface area contributed by atoms with Gasteiger partial charge in [-0.25, -0.2) is 0 Å². The SMILES string of the molecule is Cc1ccccc1N1CCN(C(=O)c2c(-c3ccccc3)noc2C)CC1. The summed E-state index contributed by atoms with van der Waals surface area (Å²) in [5, 5.41) is 4.14. The predicted molar refractivity (Wildman–Crippen MR) is 106 cm³/mol. The molecule has 0 atom stereocenters. The Morgan fingerprint density at radius 1 is 0.926 bits per heavy atom. The van der Waals surface area contributed by atoms with E-state index in [2.05, 4.69) is 41.2 Å². The molecule has 1 aromatic heterocycles. The first kappa shape index (κ1) is 17.3. The van der Waals surface area contributed by atoms with Gasteiger partial charge in [-0.15, -0.1) is 0 Å². The number of aromatic nitrogens is 1. The standard InChI is InChI=1S/C22H23N3O2/c1-16-8-6-7-11-19(16)24-12-14-25(15-13-24)22(26)20-17(2)27-23-21(20)18-9-4-3-5-10-18/h3-11H,12-15H2,1-2H3. The molecule has 0 N–H and O–H groups in total. The van der Waals surface area contributed by atoms with Crippen molar-refractivity contribution >= 4 is 11.6 Å². The zero-order valence-corrected chi connectivity index (χ0v) is 15.7. The summed E-state index contributed by atoms with van der Waals surface area (Å²) in [6.07, 6.45) is 0. The van der Waals surface area contributed by atoms with Gasteiger partial charge in [0.2, 0.25) is 0 Å². The molecular formula is C22H23N3O2. The number of benzene rings is 2. The number of para-hydroxylation sites is 1. The van der Waals surface area contributed by atoms with Gasteiger partial charge in [0.15, 0.2) is 0 Å². The summed E-state index contributed by atoms with van der Waals surface area (Å²) in [6, 6.07) is 18.1. The van der Waals surface area contributed by atoms with E-state index in [0.29, 0.717) is 30.1 Å². The Bertz CT molecular complexity index is 941. The lowest BCUT2D eigenvalue weighted by atomic mass is 10.0. The number of hydrogen-bond donors (Lipinski definition) is 0. The van der Waals surface area contributed by atoms with Gasteiger partial charge in [0.25, 0.3) is 5.91 Å². The Morgan fingerprint density at radius 3 is 2.30 bits per heavy atom. The van der Waals surface area contributed by atoms with E-state index >= 15 is 0 Å². The maximum Gasteiger partial charge on any atom is 0.259 e. The van der Waals surface area contributed by atoms with E-state index in [4.69, 9.17) is 4.52 Å². The molecule has 138 valence electrons. The van der Waals surface area contributed by atoms with E-state index in [1.807, 2.05) is 35.2 Å². The molecule has 0 aliphatic carbocycles. The molecule has 0 unspecified atom stereocenters. The van der Waals surface area contributed by atoms with Gasteiger partial charge in [0, 0.05) is 37.4 Å². The fraction of sp³-hybridized carbons (Fsp3) is 0.273. The maximum absolute atomic E-state index is 13.2. The van der Waals surface area contributed by atoms with Gasteiger partial charge in [-0.2, -0.15) is 0 Å². The normalized spacial score (nSPS) is 14.4. The van der Waals surface area contributed by atoms with Crippen LogP contribution in [0.4, 0.5) is 5.69 Å². The van der Waals surface area contributed by atoms with Gasteiger partial charge in [0.1, 0.15) is 17.0 Å². The van der Waals surface area contributed by atoms with Crippen LogP contribution >= 0.6 is 0 Å². The first-order chi connectivity index (χ1) is 13.1. The van der Waals surface area contributed by atoms with Crippen LogP contribution in [0, 0.1) is 13.8 Å². The van der Waals surface area contributed by atoms with E-state index in [1.165, 1.54) is 11.3 Å². The summed E-state index contributed by atoms with van der Waals surface area (Å²) in [5.74, 6) is 0.567. The third-order valence-electron chi connectivity index (χ3n) is 5.15. The fourth-order valence-corrected chi connectivity index (χ4v) is 3.64. The molecule has 1 amide bonds. The third kappa shape index (κ3) is 3.33. The second-order valence-electron chi connectivity index (χ2n) is 6.89. The number of carbonyl (C=O) groups is 1. The van der Waals surface area contributed by atoms with Gasteiger partial charge >= 0.3 is 0 Å². The Morgan fingerprint density at radius 2 is 1.59 bits per heavy atom. The minimum absolute atomic E-state index is 0.00274. The van der Waals surface area contributed by atoms with Gasteiger partial charge in [0.05, 0.1) is 0 Å². The van der Waals surface area contributed by atoms with Gasteiger partial charge in [-0.3, -0.25) is 4.79 Å². The summed E-state index contributed by atoms with van der Waals surface area (Å²) in [5.41, 5.74) is 4.61. The predicted octanol–water partition coefficient (Wildman–Crippen LogP) is 3.92. The van der Waals surface area contributed by atoms with Crippen LogP contribution in [0.25, 0.3) is 11.3 Å². The van der Waals surface area contributed by atoms with Crippen LogP contribution in [0.1, 0.15) is 21.7 Å². The second-order valence-corrected chi connectivity index (χ2v) is 6.89. The molecule has 0 radical (unpaired) electrons. The van der Waals surface area contributed by atoms with Crippen molar-refractivity contribution in [1.29, 1.82) is 0 Å². The van der Waals surface area contributed by atoms with Crippen LogP contribution in [-0.2, 0) is 0 Å². The van der Waals surface area contributed by atoms with Gasteiger partial charge in [-0.1, -0.05) is 53.7 Å². The van der Waals surface area contributed by atoms with Crippen LogP contribution in [0.3, 0.4) is 0 Å². The van der Waals surface area contributed by atoms with Crippen molar-refractivity contribution in [3.63, 3.8) is 0 Å². The fourth-order valence-electron chi connectivity index (χ4n) is 3.64. The number of amides is 1. The Kier molecular flexibility index (Phi) is 4.67. The number of rotatable bonds is 3. The highest BCUT2D eigenvalue weighted by Gasteiger charge is 2.28. The lowest BCUT2D eigenvalue weighted by Gasteiger charge is -2.36. The third-order valence-corrected chi connectivity index (χ3v) is 5.15. The average Bonchev–Trinajstić information content (AvgIpc) is 3.10. The number of aryl methyl sites for hydroxylation is 2. The largest absolute Gasteiger partial charge is 0.368 e. The molecule has 1 saturated heterocycles. The highest BCUT2D eigenvalue weighted by molar-refractivity contribution is 6.00. The van der Waals surface area contributed by atoms with Crippen molar-refractivity contribution in [3.8, 4) is 11.3 Å². The van der Waals surface area contributed by atoms with Crippen molar-refractivity contribution in [2.75, 3.05) is 31.1 Å². The van der Waals surface area contributed by atoms with Crippen LogP contribution in [0.5, 0.6) is 0 Å². The quantitative estimate of drug-likeness (QED) is 0.709. The minimum atomic E-state index is -0.00274. The second kappa shape index (κ2) is 7.27. The van der Waals surface area contributed by atoms with Crippen LogP contribution in [-0.4, -0.2) is 42.1 Å². The number of hydrogen-bond acceptors (Lipinski definition) is 4. The number of nitrogens with zero attached hydrogens (tertiary/aromatic N) is 3. The Labute approximate surface area is 159 Å². The molecule has 0 bridgehead atoms. The van der Waals surface area contributed by atoms with Crippen molar-refractivity contribution < 1.29 is 9.32 Å². The van der Waals surface area contributed by atoms with Crippen molar-refractivity contribution in [1.82, 2.24) is 10.1 Å². The number of anilines is 1. The zero-order valence-electron chi connectivity index (χ0n) is 15.7. The van der Waals surface area contributed by atoms with Gasteiger partial charge < -0.3 is 14.3 Å². The van der Waals surface area contributed by atoms with E-state index in [1.54, 1.807) is 6.92 Å². The molecule has 4 rings (SSSR count). The van der Waals surface area contributed by atoms with Gasteiger partial charge in [-0.05, 0) is 25.5 Å². The molecule has 2 heterocycles. The Balaban J connectivity index is 1.53. The monoisotopic (exact) mass is 361 g/mol. The summed E-state index contributed by atoms with van der Waals surface area (Å²) in [7, 11) is 0. The molecule has 1 aliphatic rings. The highest BCUT2D eigenvalue weighted by atomic mass is 16.5. The van der Waals surface area contributed by atoms with E-state index in [9.17, 15) is 4.79 Å². The molecule has 5 heteroatoms. The lowest BCUT2D eigenvalue weighted by Crippen LogP contribution is -2.49. The summed E-state index contributed by atoms with van der Waals surface area (Å²) in [6.45, 7) is 6.94. The van der Waals surface area contributed by atoms with Crippen LogP contribution < -0.4 is 4.90 Å². The molecule has 1 fully saturated rings. The number of piperazine rings is 1. The van der Waals surface area contributed by atoms with E-state index in [0.717, 1.165) is 18.7 Å². The van der Waals surface area contributed by atoms with Crippen molar-refractivity contribution in [2.24, 2.45) is 0 Å². The summed E-state index contributed by atoms with van der Waals surface area (Å²) in [4.78, 5) is 17.4. The van der Waals surface area contributed by atoms with Crippen LogP contribution in [0.15, 0.2) is 59.1 Å². The lowest BCUT2D eigenvalue weighted by molar-refractivity contribution is 0.0745. The molecule has 0 spiro atoms. The molecule has 1 aliphatic heterocycles. The van der Waals surface area contributed by atoms with E-state index in [-0.39, 0.29) is 5.91 Å². The van der Waals surface area contributed by atoms with E-state index < -0.39 is 0 Å². The van der Waals surface area contributed by atoms with Crippen molar-refractivity contribution in [3.05, 3.63) is 71.5 Å². The number of carbonyl (C=O) groups excluding carboxylic acids is 1. The summed E-state index contributed by atoms with van der Waals surface area (Å²) < 4.78 is 5.36. The zero-order chi connectivity index (χ0) is 18.8. The molecule has 27 heavy (non-hydrogen) atoms. The highest BCUT2D eigenvalue weighted by Crippen LogP contribution is 2.27. The molecular weight excluding hydrogens is 338 g/mol. The molecule has 5 nitrogen and oxygen atoms in total. The maximum atomic E-state index is 13.2. The van der Waals surface area contributed by atoms with Crippen molar-refractivity contribution in [2.45, 2.75) is 13.8 Å². The first-order valence-electron chi connectivity index (χ1n) is 9.26. The molecule has 3 aromatic rings. The topological polar surface area (TPSA) is 49.6 Å². The minimum Gasteiger partial charge on any atom is -0.368 e. The smallest absolute Gasteiger partial charge is 0.259 e. The van der Waals surface area contributed by atoms with Crippen LogP contribution in [0.2, 0.25) is 0 Å². The molecule has 0 saturated carbocycles. The first-order valence-corrected chi connectivity index (χ1v) is 9.26. The average molecular weight is 361 g/mol. The summed E-state index contributed by atoms with van der Waals surface area (Å²) >= 11 is 0. The molecule has 2 aromatic carbocycles.